The summed E-state index contributed by atoms with van der Waals surface area (Å²) < 4.78 is 5.42. The molecule has 1 saturated carbocycles. The molecule has 78 valence electrons. The SMILES string of the molecule is NC1=NC(=O)C2(CCCCCCC2)O1. The fourth-order valence-electron chi connectivity index (χ4n) is 2.26. The van der Waals surface area contributed by atoms with Crippen molar-refractivity contribution in [3.63, 3.8) is 0 Å². The molecule has 4 nitrogen and oxygen atoms in total. The first-order chi connectivity index (χ1) is 6.73. The summed E-state index contributed by atoms with van der Waals surface area (Å²) >= 11 is 0. The van der Waals surface area contributed by atoms with Gasteiger partial charge in [0, 0.05) is 0 Å². The van der Waals surface area contributed by atoms with E-state index in [2.05, 4.69) is 4.99 Å². The van der Waals surface area contributed by atoms with Gasteiger partial charge >= 0.3 is 0 Å². The van der Waals surface area contributed by atoms with Crippen LogP contribution in [0, 0.1) is 0 Å². The van der Waals surface area contributed by atoms with Crippen LogP contribution in [-0.2, 0) is 9.53 Å². The molecule has 1 aliphatic carbocycles. The number of nitrogens with zero attached hydrogens (tertiary/aromatic N) is 1. The van der Waals surface area contributed by atoms with Crippen LogP contribution in [0.3, 0.4) is 0 Å². The zero-order valence-electron chi connectivity index (χ0n) is 8.29. The molecule has 2 N–H and O–H groups in total. The smallest absolute Gasteiger partial charge is 0.294 e. The van der Waals surface area contributed by atoms with Gasteiger partial charge in [-0.1, -0.05) is 19.3 Å². The van der Waals surface area contributed by atoms with E-state index >= 15 is 0 Å². The molecular weight excluding hydrogens is 180 g/mol. The number of nitrogens with two attached hydrogens (primary N) is 1. The second-order valence-corrected chi connectivity index (χ2v) is 4.12. The molecule has 0 radical (unpaired) electrons. The summed E-state index contributed by atoms with van der Waals surface area (Å²) in [5, 5.41) is 0. The summed E-state index contributed by atoms with van der Waals surface area (Å²) in [6.45, 7) is 0. The van der Waals surface area contributed by atoms with Crippen LogP contribution < -0.4 is 5.73 Å². The topological polar surface area (TPSA) is 64.7 Å². The lowest BCUT2D eigenvalue weighted by molar-refractivity contribution is -0.132. The first kappa shape index (κ1) is 9.49. The molecule has 0 unspecified atom stereocenters. The van der Waals surface area contributed by atoms with Gasteiger partial charge in [-0.15, -0.1) is 0 Å². The molecule has 1 heterocycles. The summed E-state index contributed by atoms with van der Waals surface area (Å²) in [6.07, 6.45) is 7.24. The molecule has 0 saturated heterocycles. The van der Waals surface area contributed by atoms with Crippen molar-refractivity contribution in [3.05, 3.63) is 0 Å². The highest BCUT2D eigenvalue weighted by molar-refractivity contribution is 6.00. The molecular formula is C10H16N2O2. The number of amides is 1. The van der Waals surface area contributed by atoms with E-state index in [-0.39, 0.29) is 11.9 Å². The molecule has 0 aromatic heterocycles. The highest BCUT2D eigenvalue weighted by Gasteiger charge is 2.45. The van der Waals surface area contributed by atoms with Crippen molar-refractivity contribution in [1.82, 2.24) is 0 Å². The van der Waals surface area contributed by atoms with E-state index in [4.69, 9.17) is 10.5 Å². The average Bonchev–Trinajstić information content (AvgIpc) is 2.36. The Morgan fingerprint density at radius 1 is 1.14 bits per heavy atom. The van der Waals surface area contributed by atoms with E-state index in [1.54, 1.807) is 0 Å². The molecule has 0 bridgehead atoms. The molecule has 0 aromatic rings. The van der Waals surface area contributed by atoms with Crippen LogP contribution in [0.15, 0.2) is 4.99 Å². The van der Waals surface area contributed by atoms with Crippen molar-refractivity contribution in [2.24, 2.45) is 10.7 Å². The predicted octanol–water partition coefficient (Wildman–Crippen LogP) is 1.34. The Morgan fingerprint density at radius 3 is 2.21 bits per heavy atom. The Morgan fingerprint density at radius 2 is 1.71 bits per heavy atom. The minimum atomic E-state index is -0.690. The van der Waals surface area contributed by atoms with E-state index in [1.165, 1.54) is 19.3 Å². The molecule has 1 amide bonds. The van der Waals surface area contributed by atoms with Gasteiger partial charge in [0.15, 0.2) is 5.60 Å². The average molecular weight is 196 g/mol. The van der Waals surface area contributed by atoms with E-state index in [9.17, 15) is 4.79 Å². The number of hydrogen-bond acceptors (Lipinski definition) is 3. The molecule has 1 aliphatic heterocycles. The zero-order valence-corrected chi connectivity index (χ0v) is 8.29. The van der Waals surface area contributed by atoms with Gasteiger partial charge in [-0.3, -0.25) is 4.79 Å². The first-order valence-electron chi connectivity index (χ1n) is 5.31. The van der Waals surface area contributed by atoms with Crippen molar-refractivity contribution in [1.29, 1.82) is 0 Å². The van der Waals surface area contributed by atoms with E-state index < -0.39 is 5.60 Å². The van der Waals surface area contributed by atoms with E-state index in [1.807, 2.05) is 0 Å². The minimum absolute atomic E-state index is 0.0515. The Balaban J connectivity index is 2.10. The summed E-state index contributed by atoms with van der Waals surface area (Å²) in [7, 11) is 0. The number of aliphatic imine (C=N–C) groups is 1. The number of amidine groups is 1. The number of carbonyl (C=O) groups excluding carboxylic acids is 1. The fourth-order valence-corrected chi connectivity index (χ4v) is 2.26. The third kappa shape index (κ3) is 1.61. The quantitative estimate of drug-likeness (QED) is 0.635. The van der Waals surface area contributed by atoms with Gasteiger partial charge in [0.25, 0.3) is 11.9 Å². The van der Waals surface area contributed by atoms with Gasteiger partial charge < -0.3 is 10.5 Å². The molecule has 14 heavy (non-hydrogen) atoms. The predicted molar refractivity (Wildman–Crippen MR) is 52.8 cm³/mol. The van der Waals surface area contributed by atoms with E-state index in [0.29, 0.717) is 0 Å². The summed E-state index contributed by atoms with van der Waals surface area (Å²) in [6, 6.07) is 0.0515. The van der Waals surface area contributed by atoms with Crippen LogP contribution in [-0.4, -0.2) is 17.5 Å². The van der Waals surface area contributed by atoms with Gasteiger partial charge in [0.05, 0.1) is 0 Å². The third-order valence-electron chi connectivity index (χ3n) is 3.06. The number of carbonyl (C=O) groups is 1. The Kier molecular flexibility index (Phi) is 2.44. The highest BCUT2D eigenvalue weighted by atomic mass is 16.5. The second kappa shape index (κ2) is 3.59. The lowest BCUT2D eigenvalue weighted by Crippen LogP contribution is -2.38. The molecule has 2 rings (SSSR count). The van der Waals surface area contributed by atoms with Crippen molar-refractivity contribution < 1.29 is 9.53 Å². The third-order valence-corrected chi connectivity index (χ3v) is 3.06. The summed E-state index contributed by atoms with van der Waals surface area (Å²) in [5.41, 5.74) is 4.74. The van der Waals surface area contributed by atoms with Crippen LogP contribution in [0.4, 0.5) is 0 Å². The monoisotopic (exact) mass is 196 g/mol. The van der Waals surface area contributed by atoms with Gasteiger partial charge in [-0.05, 0) is 25.7 Å². The fraction of sp³-hybridized carbons (Fsp3) is 0.800. The number of ether oxygens (including phenoxy) is 1. The van der Waals surface area contributed by atoms with Gasteiger partial charge in [-0.25, -0.2) is 0 Å². The minimum Gasteiger partial charge on any atom is -0.448 e. The van der Waals surface area contributed by atoms with Crippen molar-refractivity contribution in [3.8, 4) is 0 Å². The van der Waals surface area contributed by atoms with E-state index in [0.717, 1.165) is 25.7 Å². The summed E-state index contributed by atoms with van der Waals surface area (Å²) in [4.78, 5) is 15.3. The van der Waals surface area contributed by atoms with Crippen LogP contribution in [0.1, 0.15) is 44.9 Å². The van der Waals surface area contributed by atoms with Gasteiger partial charge in [0.2, 0.25) is 0 Å². The molecule has 1 spiro atoms. The molecule has 4 heteroatoms. The van der Waals surface area contributed by atoms with Crippen molar-refractivity contribution in [2.75, 3.05) is 0 Å². The molecule has 1 fully saturated rings. The number of rotatable bonds is 0. The van der Waals surface area contributed by atoms with Crippen molar-refractivity contribution in [2.45, 2.75) is 50.5 Å². The number of hydrogen-bond donors (Lipinski definition) is 1. The first-order valence-corrected chi connectivity index (χ1v) is 5.31. The zero-order chi connectivity index (χ0) is 10.0. The van der Waals surface area contributed by atoms with Gasteiger partial charge in [0.1, 0.15) is 0 Å². The van der Waals surface area contributed by atoms with Crippen LogP contribution in [0.5, 0.6) is 0 Å². The molecule has 0 atom stereocenters. The normalized spacial score (nSPS) is 26.6. The maximum Gasteiger partial charge on any atom is 0.294 e. The lowest BCUT2D eigenvalue weighted by atomic mass is 9.86. The second-order valence-electron chi connectivity index (χ2n) is 4.12. The maximum absolute atomic E-state index is 11.6. The summed E-state index contributed by atoms with van der Waals surface area (Å²) in [5.74, 6) is -0.170. The lowest BCUT2D eigenvalue weighted by Gasteiger charge is -2.27. The van der Waals surface area contributed by atoms with Crippen LogP contribution >= 0.6 is 0 Å². The Bertz CT molecular complexity index is 265. The van der Waals surface area contributed by atoms with Crippen molar-refractivity contribution >= 4 is 11.9 Å². The Labute approximate surface area is 83.5 Å². The molecule has 2 aliphatic rings. The van der Waals surface area contributed by atoms with Gasteiger partial charge in [-0.2, -0.15) is 4.99 Å². The Hall–Kier alpha value is -1.06. The highest BCUT2D eigenvalue weighted by Crippen LogP contribution is 2.33. The maximum atomic E-state index is 11.6. The van der Waals surface area contributed by atoms with Crippen LogP contribution in [0.2, 0.25) is 0 Å². The largest absolute Gasteiger partial charge is 0.448 e. The molecule has 0 aromatic carbocycles. The standard InChI is InChI=1S/C10H16N2O2/c11-9-12-8(13)10(14-9)6-4-2-1-3-5-7-10/h1-7H2,(H2,11,12,13). The van der Waals surface area contributed by atoms with Crippen LogP contribution in [0.25, 0.3) is 0 Å².